The van der Waals surface area contributed by atoms with Crippen molar-refractivity contribution in [3.05, 3.63) is 59.1 Å². The zero-order valence-corrected chi connectivity index (χ0v) is 21.0. The van der Waals surface area contributed by atoms with Crippen LogP contribution in [-0.2, 0) is 9.53 Å². The lowest BCUT2D eigenvalue weighted by atomic mass is 9.96. The van der Waals surface area contributed by atoms with E-state index in [2.05, 4.69) is 11.9 Å². The summed E-state index contributed by atoms with van der Waals surface area (Å²) in [6.45, 7) is 4.11. The van der Waals surface area contributed by atoms with Crippen molar-refractivity contribution in [1.29, 1.82) is 0 Å². The lowest BCUT2D eigenvalue weighted by Crippen LogP contribution is -2.59. The van der Waals surface area contributed by atoms with E-state index in [-0.39, 0.29) is 31.4 Å². The van der Waals surface area contributed by atoms with Gasteiger partial charge in [-0.3, -0.25) is 9.59 Å². The van der Waals surface area contributed by atoms with Gasteiger partial charge in [0.15, 0.2) is 0 Å². The Bertz CT molecular complexity index is 1040. The molecule has 2 amide bonds. The molecule has 2 aromatic carbocycles. The standard InChI is InChI=1S/C26H32ClN3O5/c1-28-9-11-29(12-10-28)24(31)17-26(19-34-23-8-4-6-21(27)16-23)18-30(13-14-35-26)25(32)20-5-3-7-22(15-20)33-2/h3-8,15-16H,9-14,17-19H2,1-2H3/t26-/m1/s1. The van der Waals surface area contributed by atoms with E-state index >= 15 is 0 Å². The second-order valence-corrected chi connectivity index (χ2v) is 9.53. The first-order chi connectivity index (χ1) is 16.9. The fourth-order valence-corrected chi connectivity index (χ4v) is 4.60. The van der Waals surface area contributed by atoms with Crippen molar-refractivity contribution in [2.75, 3.05) is 66.6 Å². The van der Waals surface area contributed by atoms with E-state index in [1.807, 2.05) is 11.0 Å². The first-order valence-corrected chi connectivity index (χ1v) is 12.2. The number of rotatable bonds is 7. The zero-order valence-electron chi connectivity index (χ0n) is 20.2. The van der Waals surface area contributed by atoms with Crippen LogP contribution in [0.5, 0.6) is 11.5 Å². The third kappa shape index (κ3) is 6.45. The number of benzene rings is 2. The lowest BCUT2D eigenvalue weighted by molar-refractivity contribution is -0.154. The number of piperazine rings is 1. The van der Waals surface area contributed by atoms with Gasteiger partial charge >= 0.3 is 0 Å². The number of hydrogen-bond acceptors (Lipinski definition) is 6. The van der Waals surface area contributed by atoms with Gasteiger partial charge in [0.1, 0.15) is 23.7 Å². The summed E-state index contributed by atoms with van der Waals surface area (Å²) in [5.41, 5.74) is -0.448. The van der Waals surface area contributed by atoms with E-state index in [1.54, 1.807) is 54.5 Å². The second kappa shape index (κ2) is 11.3. The van der Waals surface area contributed by atoms with E-state index in [0.29, 0.717) is 48.3 Å². The number of carbonyl (C=O) groups excluding carboxylic acids is 2. The molecular formula is C26H32ClN3O5. The van der Waals surface area contributed by atoms with Gasteiger partial charge < -0.3 is 28.9 Å². The van der Waals surface area contributed by atoms with Gasteiger partial charge in [-0.2, -0.15) is 0 Å². The van der Waals surface area contributed by atoms with Crippen molar-refractivity contribution < 1.29 is 23.8 Å². The number of nitrogens with zero attached hydrogens (tertiary/aromatic N) is 3. The molecule has 2 heterocycles. The van der Waals surface area contributed by atoms with Crippen LogP contribution in [0.1, 0.15) is 16.8 Å². The van der Waals surface area contributed by atoms with Crippen molar-refractivity contribution in [2.45, 2.75) is 12.0 Å². The molecule has 2 aromatic rings. The Morgan fingerprint density at radius 2 is 1.74 bits per heavy atom. The smallest absolute Gasteiger partial charge is 0.254 e. The molecule has 2 aliphatic heterocycles. The Balaban J connectivity index is 1.53. The zero-order chi connectivity index (χ0) is 24.8. The molecule has 0 bridgehead atoms. The largest absolute Gasteiger partial charge is 0.497 e. The molecule has 0 radical (unpaired) electrons. The average molecular weight is 502 g/mol. The molecule has 0 spiro atoms. The molecule has 0 aromatic heterocycles. The predicted molar refractivity (Wildman–Crippen MR) is 133 cm³/mol. The Hall–Kier alpha value is -2.81. The molecular weight excluding hydrogens is 470 g/mol. The molecule has 2 aliphatic rings. The highest BCUT2D eigenvalue weighted by atomic mass is 35.5. The normalized spacial score (nSPS) is 21.0. The third-order valence-corrected chi connectivity index (χ3v) is 6.71. The predicted octanol–water partition coefficient (Wildman–Crippen LogP) is 2.80. The van der Waals surface area contributed by atoms with Crippen LogP contribution in [0.2, 0.25) is 5.02 Å². The maximum absolute atomic E-state index is 13.4. The van der Waals surface area contributed by atoms with Gasteiger partial charge in [-0.05, 0) is 43.4 Å². The molecule has 1 atom stereocenters. The molecule has 0 unspecified atom stereocenters. The van der Waals surface area contributed by atoms with Crippen LogP contribution in [0.25, 0.3) is 0 Å². The number of carbonyl (C=O) groups is 2. The third-order valence-electron chi connectivity index (χ3n) is 6.48. The molecule has 2 fully saturated rings. The fourth-order valence-electron chi connectivity index (χ4n) is 4.42. The van der Waals surface area contributed by atoms with Crippen LogP contribution >= 0.6 is 11.6 Å². The highest BCUT2D eigenvalue weighted by Crippen LogP contribution is 2.28. The minimum Gasteiger partial charge on any atom is -0.497 e. The van der Waals surface area contributed by atoms with Crippen LogP contribution < -0.4 is 9.47 Å². The van der Waals surface area contributed by atoms with Gasteiger partial charge in [0.25, 0.3) is 5.91 Å². The number of halogens is 1. The Morgan fingerprint density at radius 3 is 2.49 bits per heavy atom. The lowest BCUT2D eigenvalue weighted by Gasteiger charge is -2.43. The van der Waals surface area contributed by atoms with E-state index in [1.165, 1.54) is 0 Å². The fraction of sp³-hybridized carbons (Fsp3) is 0.462. The quantitative estimate of drug-likeness (QED) is 0.581. The van der Waals surface area contributed by atoms with Gasteiger partial charge in [-0.25, -0.2) is 0 Å². The first-order valence-electron chi connectivity index (χ1n) is 11.8. The number of amides is 2. The highest BCUT2D eigenvalue weighted by molar-refractivity contribution is 6.30. The van der Waals surface area contributed by atoms with Gasteiger partial charge in [0.05, 0.1) is 26.7 Å². The summed E-state index contributed by atoms with van der Waals surface area (Å²) in [7, 11) is 3.62. The summed E-state index contributed by atoms with van der Waals surface area (Å²) in [6, 6.07) is 14.2. The van der Waals surface area contributed by atoms with Crippen molar-refractivity contribution >= 4 is 23.4 Å². The molecule has 35 heavy (non-hydrogen) atoms. The monoisotopic (exact) mass is 501 g/mol. The minimum atomic E-state index is -0.977. The molecule has 2 saturated heterocycles. The molecule has 4 rings (SSSR count). The number of methoxy groups -OCH3 is 1. The Kier molecular flexibility index (Phi) is 8.15. The van der Waals surface area contributed by atoms with E-state index in [4.69, 9.17) is 25.8 Å². The van der Waals surface area contributed by atoms with Crippen LogP contribution in [0, 0.1) is 0 Å². The van der Waals surface area contributed by atoms with Crippen LogP contribution in [0.4, 0.5) is 0 Å². The Morgan fingerprint density at radius 1 is 1.00 bits per heavy atom. The maximum Gasteiger partial charge on any atom is 0.254 e. The summed E-state index contributed by atoms with van der Waals surface area (Å²) < 4.78 is 17.6. The van der Waals surface area contributed by atoms with E-state index in [9.17, 15) is 9.59 Å². The summed E-state index contributed by atoms with van der Waals surface area (Å²) in [5.74, 6) is 1.07. The number of hydrogen-bond donors (Lipinski definition) is 0. The number of likely N-dealkylation sites (N-methyl/N-ethyl adjacent to an activating group) is 1. The molecule has 0 N–H and O–H groups in total. The Labute approximate surface area is 211 Å². The minimum absolute atomic E-state index is 0.00322. The maximum atomic E-state index is 13.4. The molecule has 188 valence electrons. The van der Waals surface area contributed by atoms with Crippen molar-refractivity contribution in [3.63, 3.8) is 0 Å². The summed E-state index contributed by atoms with van der Waals surface area (Å²) >= 11 is 6.12. The summed E-state index contributed by atoms with van der Waals surface area (Å²) in [6.07, 6.45) is 0.124. The van der Waals surface area contributed by atoms with Gasteiger partial charge in [-0.1, -0.05) is 23.7 Å². The van der Waals surface area contributed by atoms with Gasteiger partial charge in [0.2, 0.25) is 5.91 Å². The van der Waals surface area contributed by atoms with E-state index < -0.39 is 5.60 Å². The topological polar surface area (TPSA) is 71.5 Å². The first kappa shape index (κ1) is 25.3. The summed E-state index contributed by atoms with van der Waals surface area (Å²) in [4.78, 5) is 32.5. The van der Waals surface area contributed by atoms with Crippen molar-refractivity contribution in [3.8, 4) is 11.5 Å². The van der Waals surface area contributed by atoms with Gasteiger partial charge in [-0.15, -0.1) is 0 Å². The molecule has 8 nitrogen and oxygen atoms in total. The second-order valence-electron chi connectivity index (χ2n) is 9.10. The van der Waals surface area contributed by atoms with Crippen LogP contribution in [-0.4, -0.2) is 98.8 Å². The van der Waals surface area contributed by atoms with Crippen LogP contribution in [0.15, 0.2) is 48.5 Å². The van der Waals surface area contributed by atoms with Crippen molar-refractivity contribution in [1.82, 2.24) is 14.7 Å². The van der Waals surface area contributed by atoms with Crippen molar-refractivity contribution in [2.24, 2.45) is 0 Å². The number of morpholine rings is 1. The van der Waals surface area contributed by atoms with Gasteiger partial charge in [0, 0.05) is 43.3 Å². The molecule has 9 heteroatoms. The summed E-state index contributed by atoms with van der Waals surface area (Å²) in [5, 5.41) is 0.560. The average Bonchev–Trinajstić information content (AvgIpc) is 2.87. The van der Waals surface area contributed by atoms with E-state index in [0.717, 1.165) is 13.1 Å². The molecule has 0 aliphatic carbocycles. The SMILES string of the molecule is COc1cccc(C(=O)N2CCO[C@](COc3cccc(Cl)c3)(CC(=O)N3CCN(C)CC3)C2)c1. The molecule has 0 saturated carbocycles. The highest BCUT2D eigenvalue weighted by Gasteiger charge is 2.42. The number of ether oxygens (including phenoxy) is 3. The van der Waals surface area contributed by atoms with Crippen LogP contribution in [0.3, 0.4) is 0 Å².